The van der Waals surface area contributed by atoms with E-state index in [0.29, 0.717) is 5.56 Å². The second kappa shape index (κ2) is 4.47. The normalized spacial score (nSPS) is 11.2. The smallest absolute Gasteiger partial charge is 0.300 e. The largest absolute Gasteiger partial charge is 0.454 e. The highest BCUT2D eigenvalue weighted by Gasteiger charge is 2.39. The van der Waals surface area contributed by atoms with Crippen LogP contribution in [0.25, 0.3) is 0 Å². The summed E-state index contributed by atoms with van der Waals surface area (Å²) >= 11 is 0. The van der Waals surface area contributed by atoms with Crippen molar-refractivity contribution in [2.24, 2.45) is 0 Å². The van der Waals surface area contributed by atoms with Gasteiger partial charge in [-0.1, -0.05) is 18.2 Å². The third-order valence-corrected chi connectivity index (χ3v) is 1.90. The van der Waals surface area contributed by atoms with Gasteiger partial charge < -0.3 is 0 Å². The Bertz CT molecular complexity index is 421. The minimum absolute atomic E-state index is 0.0268. The fourth-order valence-electron chi connectivity index (χ4n) is 1.27. The zero-order valence-electron chi connectivity index (χ0n) is 8.47. The van der Waals surface area contributed by atoms with E-state index in [1.54, 1.807) is 0 Å². The van der Waals surface area contributed by atoms with E-state index in [-0.39, 0.29) is 12.2 Å². The van der Waals surface area contributed by atoms with Crippen LogP contribution in [0.5, 0.6) is 0 Å². The van der Waals surface area contributed by atoms with Crippen LogP contribution < -0.4 is 0 Å². The molecule has 0 saturated carbocycles. The molecule has 0 amide bonds. The van der Waals surface area contributed by atoms with Gasteiger partial charge in [0.1, 0.15) is 5.78 Å². The molecular weight excluding hydrogens is 221 g/mol. The standard InChI is InChI=1S/C11H9F3O2/c1-7(15)5-8-3-2-4-9(6-8)10(16)11(12,13)14/h2-4,6H,5H2,1H3. The molecular formula is C11H9F3O2. The number of alkyl halides is 3. The van der Waals surface area contributed by atoms with Crippen LogP contribution in [0.15, 0.2) is 24.3 Å². The summed E-state index contributed by atoms with van der Waals surface area (Å²) in [6.45, 7) is 1.33. The Morgan fingerprint density at radius 2 is 1.88 bits per heavy atom. The molecule has 0 unspecified atom stereocenters. The number of hydrogen-bond donors (Lipinski definition) is 0. The molecule has 86 valence electrons. The lowest BCUT2D eigenvalue weighted by Gasteiger charge is -2.06. The van der Waals surface area contributed by atoms with Gasteiger partial charge in [-0.3, -0.25) is 9.59 Å². The maximum Gasteiger partial charge on any atom is 0.454 e. The Kier molecular flexibility index (Phi) is 3.47. The highest BCUT2D eigenvalue weighted by molar-refractivity contribution is 6.00. The fourth-order valence-corrected chi connectivity index (χ4v) is 1.27. The van der Waals surface area contributed by atoms with E-state index in [1.807, 2.05) is 0 Å². The third-order valence-electron chi connectivity index (χ3n) is 1.90. The van der Waals surface area contributed by atoms with Gasteiger partial charge in [-0.2, -0.15) is 13.2 Å². The summed E-state index contributed by atoms with van der Waals surface area (Å²) < 4.78 is 36.3. The first-order valence-corrected chi connectivity index (χ1v) is 4.50. The van der Waals surface area contributed by atoms with Crippen LogP contribution in [0.2, 0.25) is 0 Å². The topological polar surface area (TPSA) is 34.1 Å². The molecule has 2 nitrogen and oxygen atoms in total. The van der Waals surface area contributed by atoms with Crippen molar-refractivity contribution in [3.8, 4) is 0 Å². The van der Waals surface area contributed by atoms with E-state index in [4.69, 9.17) is 0 Å². The summed E-state index contributed by atoms with van der Waals surface area (Å²) in [5, 5.41) is 0. The lowest BCUT2D eigenvalue weighted by molar-refractivity contribution is -0.116. The van der Waals surface area contributed by atoms with Crippen molar-refractivity contribution in [1.82, 2.24) is 0 Å². The molecule has 1 rings (SSSR count). The molecule has 0 N–H and O–H groups in total. The van der Waals surface area contributed by atoms with Crippen LogP contribution in [-0.2, 0) is 11.2 Å². The summed E-state index contributed by atoms with van der Waals surface area (Å²) in [4.78, 5) is 21.7. The van der Waals surface area contributed by atoms with Gasteiger partial charge in [0.25, 0.3) is 5.78 Å². The van der Waals surface area contributed by atoms with E-state index < -0.39 is 17.5 Å². The Balaban J connectivity index is 2.99. The molecule has 1 aromatic rings. The third kappa shape index (κ3) is 3.18. The Morgan fingerprint density at radius 1 is 1.25 bits per heavy atom. The molecule has 0 spiro atoms. The molecule has 0 aliphatic rings. The molecule has 5 heteroatoms. The SMILES string of the molecule is CC(=O)Cc1cccc(C(=O)C(F)(F)F)c1. The predicted octanol–water partition coefficient (Wildman–Crippen LogP) is 2.56. The highest BCUT2D eigenvalue weighted by Crippen LogP contribution is 2.22. The summed E-state index contributed by atoms with van der Waals surface area (Å²) in [6, 6.07) is 5.02. The van der Waals surface area contributed by atoms with Crippen LogP contribution >= 0.6 is 0 Å². The van der Waals surface area contributed by atoms with E-state index >= 15 is 0 Å². The molecule has 0 saturated heterocycles. The average Bonchev–Trinajstić information content (AvgIpc) is 2.14. The van der Waals surface area contributed by atoms with Crippen LogP contribution in [0, 0.1) is 0 Å². The van der Waals surface area contributed by atoms with Gasteiger partial charge in [0, 0.05) is 12.0 Å². The van der Waals surface area contributed by atoms with Gasteiger partial charge in [0.2, 0.25) is 0 Å². The predicted molar refractivity (Wildman–Crippen MR) is 51.2 cm³/mol. The van der Waals surface area contributed by atoms with E-state index in [0.717, 1.165) is 12.1 Å². The van der Waals surface area contributed by atoms with Crippen LogP contribution in [-0.4, -0.2) is 17.7 Å². The monoisotopic (exact) mass is 230 g/mol. The number of Topliss-reactive ketones (excluding diaryl/α,β-unsaturated/α-hetero) is 2. The van der Waals surface area contributed by atoms with Gasteiger partial charge in [0.15, 0.2) is 0 Å². The van der Waals surface area contributed by atoms with Crippen molar-refractivity contribution >= 4 is 11.6 Å². The molecule has 0 aliphatic carbocycles. The molecule has 0 aliphatic heterocycles. The van der Waals surface area contributed by atoms with Gasteiger partial charge in [-0.25, -0.2) is 0 Å². The van der Waals surface area contributed by atoms with E-state index in [1.165, 1.54) is 19.1 Å². The zero-order valence-corrected chi connectivity index (χ0v) is 8.47. The number of rotatable bonds is 3. The molecule has 0 heterocycles. The molecule has 0 aromatic heterocycles. The zero-order chi connectivity index (χ0) is 12.3. The molecule has 1 aromatic carbocycles. The van der Waals surface area contributed by atoms with Crippen molar-refractivity contribution in [2.75, 3.05) is 0 Å². The van der Waals surface area contributed by atoms with Crippen molar-refractivity contribution in [3.05, 3.63) is 35.4 Å². The molecule has 16 heavy (non-hydrogen) atoms. The molecule has 0 atom stereocenters. The lowest BCUT2D eigenvalue weighted by atomic mass is 10.0. The van der Waals surface area contributed by atoms with Gasteiger partial charge in [0.05, 0.1) is 0 Å². The first-order valence-electron chi connectivity index (χ1n) is 4.50. The summed E-state index contributed by atoms with van der Waals surface area (Å²) in [6.07, 6.45) is -4.85. The number of benzene rings is 1. The lowest BCUT2D eigenvalue weighted by Crippen LogP contribution is -2.22. The number of halogens is 3. The number of hydrogen-bond acceptors (Lipinski definition) is 2. The van der Waals surface area contributed by atoms with Gasteiger partial charge in [-0.05, 0) is 18.6 Å². The Morgan fingerprint density at radius 3 is 2.38 bits per heavy atom. The van der Waals surface area contributed by atoms with Crippen molar-refractivity contribution in [1.29, 1.82) is 0 Å². The first kappa shape index (κ1) is 12.4. The minimum atomic E-state index is -4.88. The first-order chi connectivity index (χ1) is 7.30. The number of carbonyl (C=O) groups excluding carboxylic acids is 2. The summed E-state index contributed by atoms with van der Waals surface area (Å²) in [5.41, 5.74) is -0.0335. The Hall–Kier alpha value is -1.65. The molecule has 0 bridgehead atoms. The van der Waals surface area contributed by atoms with Crippen LogP contribution in [0.3, 0.4) is 0 Å². The van der Waals surface area contributed by atoms with Crippen molar-refractivity contribution in [3.63, 3.8) is 0 Å². The second-order valence-corrected chi connectivity index (χ2v) is 3.41. The van der Waals surface area contributed by atoms with E-state index in [2.05, 4.69) is 0 Å². The highest BCUT2D eigenvalue weighted by atomic mass is 19.4. The molecule has 0 fully saturated rings. The number of ketones is 2. The Labute approximate surface area is 90.1 Å². The maximum absolute atomic E-state index is 12.1. The van der Waals surface area contributed by atoms with Crippen molar-refractivity contribution < 1.29 is 22.8 Å². The van der Waals surface area contributed by atoms with E-state index in [9.17, 15) is 22.8 Å². The van der Waals surface area contributed by atoms with Gasteiger partial charge >= 0.3 is 6.18 Å². The minimum Gasteiger partial charge on any atom is -0.300 e. The average molecular weight is 230 g/mol. The van der Waals surface area contributed by atoms with Crippen LogP contribution in [0.1, 0.15) is 22.8 Å². The number of carbonyl (C=O) groups is 2. The fraction of sp³-hybridized carbons (Fsp3) is 0.273. The summed E-state index contributed by atoms with van der Waals surface area (Å²) in [5.74, 6) is -2.06. The van der Waals surface area contributed by atoms with Crippen LogP contribution in [0.4, 0.5) is 13.2 Å². The second-order valence-electron chi connectivity index (χ2n) is 3.41. The van der Waals surface area contributed by atoms with Gasteiger partial charge in [-0.15, -0.1) is 0 Å². The quantitative estimate of drug-likeness (QED) is 0.748. The summed E-state index contributed by atoms with van der Waals surface area (Å²) in [7, 11) is 0. The van der Waals surface area contributed by atoms with Crippen molar-refractivity contribution in [2.45, 2.75) is 19.5 Å². The molecule has 0 radical (unpaired) electrons. The maximum atomic E-state index is 12.1.